The Morgan fingerprint density at radius 1 is 0.404 bits per heavy atom. The van der Waals surface area contributed by atoms with Gasteiger partial charge in [0, 0.05) is 11.3 Å². The molecule has 0 aliphatic heterocycles. The number of benzene rings is 8. The molecule has 0 N–H and O–H groups in total. The highest BCUT2D eigenvalue weighted by Gasteiger charge is 2.18. The second-order valence-electron chi connectivity index (χ2n) is 11.6. The maximum absolute atomic E-state index is 8.47. The number of hydrogen-bond donors (Lipinski definition) is 0. The van der Waals surface area contributed by atoms with Crippen molar-refractivity contribution in [2.45, 2.75) is 0 Å². The van der Waals surface area contributed by atoms with E-state index in [4.69, 9.17) is 11.8 Å². The summed E-state index contributed by atoms with van der Waals surface area (Å²) in [5.41, 5.74) is 9.16. The topological polar surface area (TPSA) is 17.8 Å². The number of para-hydroxylation sites is 3. The third-order valence-corrected chi connectivity index (χ3v) is 8.90. The zero-order chi connectivity index (χ0) is 35.5. The molecule has 0 saturated heterocycles. The molecule has 0 fully saturated rings. The molecule has 0 bridgehead atoms. The van der Waals surface area contributed by atoms with Gasteiger partial charge in [-0.3, -0.25) is 4.57 Å². The molecule has 47 heavy (non-hydrogen) atoms. The molecular formula is C45H30N2. The Labute approximate surface area is 280 Å². The summed E-state index contributed by atoms with van der Waals surface area (Å²) in [6, 6.07) is 50.3. The molecule has 0 radical (unpaired) electrons. The molecule has 8 aromatic carbocycles. The first-order valence-corrected chi connectivity index (χ1v) is 15.7. The van der Waals surface area contributed by atoms with Crippen molar-refractivity contribution in [2.75, 3.05) is 0 Å². The van der Waals surface area contributed by atoms with Crippen LogP contribution in [0.2, 0.25) is 0 Å². The minimum atomic E-state index is -0.393. The molecule has 1 heterocycles. The number of imidazole rings is 1. The Balaban J connectivity index is 1.19. The van der Waals surface area contributed by atoms with Gasteiger partial charge in [0.1, 0.15) is 5.82 Å². The third-order valence-electron chi connectivity index (χ3n) is 8.90. The van der Waals surface area contributed by atoms with Gasteiger partial charge in [-0.2, -0.15) is 0 Å². The molecule has 220 valence electrons. The van der Waals surface area contributed by atoms with E-state index in [-0.39, 0.29) is 29.7 Å². The lowest BCUT2D eigenvalue weighted by Crippen LogP contribution is -1.97. The van der Waals surface area contributed by atoms with Crippen molar-refractivity contribution in [3.63, 3.8) is 0 Å². The van der Waals surface area contributed by atoms with E-state index < -0.39 is 6.04 Å². The largest absolute Gasteiger partial charge is 0.292 e. The van der Waals surface area contributed by atoms with Crippen LogP contribution in [0.4, 0.5) is 0 Å². The van der Waals surface area contributed by atoms with Crippen LogP contribution < -0.4 is 0 Å². The first-order chi connectivity index (χ1) is 25.4. The van der Waals surface area contributed by atoms with Crippen molar-refractivity contribution < 1.29 is 6.85 Å². The van der Waals surface area contributed by atoms with Crippen molar-refractivity contribution in [3.8, 4) is 50.5 Å². The van der Waals surface area contributed by atoms with E-state index in [9.17, 15) is 0 Å². The Morgan fingerprint density at radius 3 is 1.45 bits per heavy atom. The van der Waals surface area contributed by atoms with E-state index in [1.165, 1.54) is 0 Å². The number of fused-ring (bicyclic) bond motifs is 3. The number of nitrogens with zero attached hydrogens (tertiary/aromatic N) is 2. The average Bonchev–Trinajstić information content (AvgIpc) is 3.59. The van der Waals surface area contributed by atoms with Gasteiger partial charge >= 0.3 is 0 Å². The molecule has 0 spiro atoms. The van der Waals surface area contributed by atoms with Crippen LogP contribution in [0, 0.1) is 0 Å². The van der Waals surface area contributed by atoms with E-state index in [1.54, 1.807) is 0 Å². The number of hydrogen-bond acceptors (Lipinski definition) is 1. The Bertz CT molecular complexity index is 2740. The molecule has 2 heteroatoms. The van der Waals surface area contributed by atoms with Gasteiger partial charge < -0.3 is 0 Å². The van der Waals surface area contributed by atoms with Crippen molar-refractivity contribution in [3.05, 3.63) is 182 Å². The van der Waals surface area contributed by atoms with Crippen LogP contribution in [0.25, 0.3) is 83.0 Å². The third kappa shape index (κ3) is 4.62. The lowest BCUT2D eigenvalue weighted by molar-refractivity contribution is 1.10. The minimum Gasteiger partial charge on any atom is -0.292 e. The van der Waals surface area contributed by atoms with Gasteiger partial charge in [0.2, 0.25) is 0 Å². The molecule has 1 aromatic heterocycles. The van der Waals surface area contributed by atoms with Crippen LogP contribution in [0.5, 0.6) is 0 Å². The molecule has 0 aliphatic rings. The van der Waals surface area contributed by atoms with E-state index in [2.05, 4.69) is 102 Å². The highest BCUT2D eigenvalue weighted by atomic mass is 15.1. The second-order valence-corrected chi connectivity index (χ2v) is 11.6. The molecule has 0 unspecified atom stereocenters. The summed E-state index contributed by atoms with van der Waals surface area (Å²) in [5, 5.41) is 4.44. The smallest absolute Gasteiger partial charge is 0.145 e. The lowest BCUT2D eigenvalue weighted by Gasteiger charge is -2.18. The van der Waals surface area contributed by atoms with Gasteiger partial charge in [-0.15, -0.1) is 0 Å². The summed E-state index contributed by atoms with van der Waals surface area (Å²) >= 11 is 0. The van der Waals surface area contributed by atoms with Crippen LogP contribution >= 0.6 is 0 Å². The molecule has 0 amide bonds. The maximum Gasteiger partial charge on any atom is 0.145 e. The zero-order valence-corrected chi connectivity index (χ0v) is 25.3. The van der Waals surface area contributed by atoms with Crippen LogP contribution in [0.1, 0.15) is 6.85 Å². The Hall–Kier alpha value is -6.25. The summed E-state index contributed by atoms with van der Waals surface area (Å²) in [6.45, 7) is 0. The molecule has 9 rings (SSSR count). The zero-order valence-electron chi connectivity index (χ0n) is 30.3. The minimum absolute atomic E-state index is 0.199. The average molecular weight is 604 g/mol. The van der Waals surface area contributed by atoms with Crippen LogP contribution in [-0.2, 0) is 0 Å². The van der Waals surface area contributed by atoms with Crippen molar-refractivity contribution >= 4 is 32.6 Å². The van der Waals surface area contributed by atoms with E-state index in [1.807, 2.05) is 54.6 Å². The van der Waals surface area contributed by atoms with Gasteiger partial charge in [0.05, 0.1) is 17.9 Å². The monoisotopic (exact) mass is 603 g/mol. The first-order valence-electron chi connectivity index (χ1n) is 18.2. The molecule has 2 nitrogen and oxygen atoms in total. The second kappa shape index (κ2) is 11.3. The van der Waals surface area contributed by atoms with E-state index in [0.717, 1.165) is 71.9 Å². The molecule has 9 aromatic rings. The van der Waals surface area contributed by atoms with Crippen molar-refractivity contribution in [1.82, 2.24) is 9.55 Å². The molecule has 0 aliphatic carbocycles. The molecule has 0 saturated carbocycles. The first kappa shape index (κ1) is 22.3. The summed E-state index contributed by atoms with van der Waals surface area (Å²) in [6.07, 6.45) is 0. The lowest BCUT2D eigenvalue weighted by atomic mass is 9.85. The summed E-state index contributed by atoms with van der Waals surface area (Å²) < 4.78 is 43.4. The predicted molar refractivity (Wildman–Crippen MR) is 198 cm³/mol. The fourth-order valence-electron chi connectivity index (χ4n) is 6.79. The van der Waals surface area contributed by atoms with Gasteiger partial charge in [-0.05, 0) is 79.2 Å². The summed E-state index contributed by atoms with van der Waals surface area (Å²) in [4.78, 5) is 5.07. The van der Waals surface area contributed by atoms with Crippen LogP contribution in [-0.4, -0.2) is 9.55 Å². The predicted octanol–water partition coefficient (Wildman–Crippen LogP) is 12.0. The van der Waals surface area contributed by atoms with E-state index >= 15 is 0 Å². The fraction of sp³-hybridized carbons (Fsp3) is 0. The Kier molecular flexibility index (Phi) is 5.35. The van der Waals surface area contributed by atoms with Gasteiger partial charge in [0.25, 0.3) is 0 Å². The standard InChI is InChI=1S/C45H30N2/c1-3-13-31(14-4-1)32-23-25-33(26-24-32)43-37-17-7-9-19-39(37)44(40-20-10-8-18-38(40)43)34-27-29-35(30-28-34)45-46-41-21-11-12-22-42(41)47(45)36-15-5-2-6-16-36/h1-30H/i1D,3D,4D,13D,14D. The van der Waals surface area contributed by atoms with Crippen molar-refractivity contribution in [2.24, 2.45) is 0 Å². The normalized spacial score (nSPS) is 12.9. The number of aromatic nitrogens is 2. The quantitative estimate of drug-likeness (QED) is 0.179. The van der Waals surface area contributed by atoms with Gasteiger partial charge in [-0.1, -0.05) is 158 Å². The Morgan fingerprint density at radius 2 is 0.872 bits per heavy atom. The van der Waals surface area contributed by atoms with E-state index in [0.29, 0.717) is 5.56 Å². The van der Waals surface area contributed by atoms with Crippen LogP contribution in [0.3, 0.4) is 0 Å². The molecular weight excluding hydrogens is 569 g/mol. The van der Waals surface area contributed by atoms with Gasteiger partial charge in [-0.25, -0.2) is 4.98 Å². The van der Waals surface area contributed by atoms with Crippen LogP contribution in [0.15, 0.2) is 182 Å². The van der Waals surface area contributed by atoms with Gasteiger partial charge in [0.15, 0.2) is 0 Å². The summed E-state index contributed by atoms with van der Waals surface area (Å²) in [7, 11) is 0. The maximum atomic E-state index is 8.47. The SMILES string of the molecule is [2H]c1c([2H])c([2H])c(-c2ccc(-c3c4ccccc4c(-c4ccc(-c5nc6ccccc6n5-c5ccccc5)cc4)c4ccccc34)cc2)c([2H])c1[2H]. The fourth-order valence-corrected chi connectivity index (χ4v) is 6.79. The summed E-state index contributed by atoms with van der Waals surface area (Å²) in [5.74, 6) is 0.885. The molecule has 0 atom stereocenters. The highest BCUT2D eigenvalue weighted by molar-refractivity contribution is 6.21. The number of rotatable bonds is 5. The highest BCUT2D eigenvalue weighted by Crippen LogP contribution is 2.44. The van der Waals surface area contributed by atoms with Crippen molar-refractivity contribution in [1.29, 1.82) is 0 Å².